The van der Waals surface area contributed by atoms with Crippen LogP contribution in [0.4, 0.5) is 5.69 Å². The average Bonchev–Trinajstić information content (AvgIpc) is 2.69. The minimum atomic E-state index is -0.569. The van der Waals surface area contributed by atoms with Gasteiger partial charge in [-0.05, 0) is 41.0 Å². The molecule has 0 radical (unpaired) electrons. The SMILES string of the molecule is CC(C)(C)CC(C)(C)c1ccc(OCC(O)C[NH2+]c2cncc3ccccc23)cc1.[Cl-]. The second-order valence-corrected chi connectivity index (χ2v) is 10.0. The Morgan fingerprint density at radius 3 is 2.32 bits per heavy atom. The molecule has 0 aliphatic heterocycles. The molecular formula is C26H35ClN2O2. The summed E-state index contributed by atoms with van der Waals surface area (Å²) in [6, 6.07) is 16.4. The van der Waals surface area contributed by atoms with Crippen LogP contribution < -0.4 is 22.5 Å². The molecule has 31 heavy (non-hydrogen) atoms. The lowest BCUT2D eigenvalue weighted by Crippen LogP contribution is -3.00. The summed E-state index contributed by atoms with van der Waals surface area (Å²) < 4.78 is 5.83. The van der Waals surface area contributed by atoms with E-state index in [-0.39, 0.29) is 29.8 Å². The molecule has 0 amide bonds. The van der Waals surface area contributed by atoms with Gasteiger partial charge in [0.05, 0.1) is 6.20 Å². The molecular weight excluding hydrogens is 408 g/mol. The van der Waals surface area contributed by atoms with Gasteiger partial charge in [-0.25, -0.2) is 0 Å². The molecule has 0 spiro atoms. The number of aromatic nitrogens is 1. The quantitative estimate of drug-likeness (QED) is 0.557. The summed E-state index contributed by atoms with van der Waals surface area (Å²) in [6.45, 7) is 12.2. The standard InChI is InChI=1S/C26H34N2O2.ClH/c1-25(2,3)18-26(4,5)20-10-12-22(13-11-20)30-17-21(29)15-28-24-16-27-14-19-8-6-7-9-23(19)24;/h6-14,16,21,28-29H,15,17-18H2,1-5H3;1H. The van der Waals surface area contributed by atoms with Crippen molar-refractivity contribution in [2.75, 3.05) is 13.2 Å². The molecule has 0 aliphatic rings. The van der Waals surface area contributed by atoms with Gasteiger partial charge in [-0.15, -0.1) is 0 Å². The Morgan fingerprint density at radius 1 is 0.968 bits per heavy atom. The van der Waals surface area contributed by atoms with Crippen molar-refractivity contribution in [2.24, 2.45) is 5.41 Å². The average molecular weight is 443 g/mol. The van der Waals surface area contributed by atoms with Gasteiger partial charge in [0.15, 0.2) is 5.69 Å². The third-order valence-corrected chi connectivity index (χ3v) is 5.36. The maximum atomic E-state index is 10.4. The maximum absolute atomic E-state index is 10.4. The third-order valence-electron chi connectivity index (χ3n) is 5.36. The molecule has 168 valence electrons. The first kappa shape index (κ1) is 25.1. The minimum absolute atomic E-state index is 0. The van der Waals surface area contributed by atoms with E-state index >= 15 is 0 Å². The lowest BCUT2D eigenvalue weighted by Gasteiger charge is -2.33. The van der Waals surface area contributed by atoms with E-state index in [1.54, 1.807) is 0 Å². The van der Waals surface area contributed by atoms with E-state index in [0.717, 1.165) is 28.6 Å². The van der Waals surface area contributed by atoms with Gasteiger partial charge in [0.2, 0.25) is 0 Å². The first-order valence-corrected chi connectivity index (χ1v) is 10.7. The number of quaternary nitrogens is 1. The first-order chi connectivity index (χ1) is 14.1. The molecule has 0 bridgehead atoms. The summed E-state index contributed by atoms with van der Waals surface area (Å²) >= 11 is 0. The first-order valence-electron chi connectivity index (χ1n) is 10.7. The highest BCUT2D eigenvalue weighted by Crippen LogP contribution is 2.36. The summed E-state index contributed by atoms with van der Waals surface area (Å²) in [5, 5.41) is 14.7. The fraction of sp³-hybridized carbons (Fsp3) is 0.423. The van der Waals surface area contributed by atoms with Crippen LogP contribution >= 0.6 is 0 Å². The Morgan fingerprint density at radius 2 is 1.65 bits per heavy atom. The van der Waals surface area contributed by atoms with Crippen LogP contribution in [0.5, 0.6) is 5.75 Å². The lowest BCUT2D eigenvalue weighted by molar-refractivity contribution is -0.578. The second-order valence-electron chi connectivity index (χ2n) is 10.0. The zero-order valence-electron chi connectivity index (χ0n) is 19.2. The highest BCUT2D eigenvalue weighted by atomic mass is 35.5. The number of halogens is 1. The number of fused-ring (bicyclic) bond motifs is 1. The van der Waals surface area contributed by atoms with E-state index in [9.17, 15) is 5.11 Å². The lowest BCUT2D eigenvalue weighted by atomic mass is 9.72. The number of pyridine rings is 1. The molecule has 1 unspecified atom stereocenters. The number of benzene rings is 2. The molecule has 3 aromatic rings. The number of ether oxygens (including phenoxy) is 1. The van der Waals surface area contributed by atoms with Crippen LogP contribution in [0.15, 0.2) is 60.9 Å². The molecule has 0 saturated carbocycles. The Bertz CT molecular complexity index is 960. The third kappa shape index (κ3) is 7.20. The normalized spacial score (nSPS) is 13.0. The van der Waals surface area contributed by atoms with Gasteiger partial charge in [0.1, 0.15) is 25.0 Å². The molecule has 1 aromatic heterocycles. The number of aliphatic hydroxyl groups is 1. The number of hydrogen-bond acceptors (Lipinski definition) is 3. The molecule has 3 N–H and O–H groups in total. The number of hydrogen-bond donors (Lipinski definition) is 2. The van der Waals surface area contributed by atoms with Crippen molar-refractivity contribution in [1.29, 1.82) is 0 Å². The molecule has 1 heterocycles. The number of nitrogens with two attached hydrogens (primary N) is 1. The van der Waals surface area contributed by atoms with Gasteiger partial charge in [-0.2, -0.15) is 0 Å². The molecule has 0 fully saturated rings. The van der Waals surface area contributed by atoms with Crippen molar-refractivity contribution in [2.45, 2.75) is 52.6 Å². The van der Waals surface area contributed by atoms with Crippen molar-refractivity contribution in [3.8, 4) is 5.75 Å². The van der Waals surface area contributed by atoms with Crippen LogP contribution in [0, 0.1) is 5.41 Å². The predicted molar refractivity (Wildman–Crippen MR) is 123 cm³/mol. The maximum Gasteiger partial charge on any atom is 0.156 e. The van der Waals surface area contributed by atoms with Gasteiger partial charge in [-0.1, -0.05) is 65.0 Å². The van der Waals surface area contributed by atoms with Crippen LogP contribution in [0.2, 0.25) is 0 Å². The van der Waals surface area contributed by atoms with Gasteiger partial charge < -0.3 is 27.6 Å². The molecule has 0 saturated heterocycles. The molecule has 0 aliphatic carbocycles. The van der Waals surface area contributed by atoms with Crippen LogP contribution in [0.25, 0.3) is 10.8 Å². The van der Waals surface area contributed by atoms with Crippen molar-refractivity contribution < 1.29 is 27.6 Å². The number of nitrogens with zero attached hydrogens (tertiary/aromatic N) is 1. The van der Waals surface area contributed by atoms with Crippen LogP contribution in [-0.2, 0) is 5.41 Å². The zero-order valence-corrected chi connectivity index (χ0v) is 20.0. The van der Waals surface area contributed by atoms with E-state index in [2.05, 4.69) is 57.8 Å². The van der Waals surface area contributed by atoms with Crippen molar-refractivity contribution in [3.05, 3.63) is 66.5 Å². The molecule has 5 heteroatoms. The van der Waals surface area contributed by atoms with Gasteiger partial charge in [-0.3, -0.25) is 4.98 Å². The van der Waals surface area contributed by atoms with Crippen LogP contribution in [0.1, 0.15) is 46.6 Å². The summed E-state index contributed by atoms with van der Waals surface area (Å²) in [4.78, 5) is 4.29. The van der Waals surface area contributed by atoms with Gasteiger partial charge >= 0.3 is 0 Å². The minimum Gasteiger partial charge on any atom is -1.00 e. The molecule has 2 aromatic carbocycles. The summed E-state index contributed by atoms with van der Waals surface area (Å²) in [5.74, 6) is 0.788. The highest BCUT2D eigenvalue weighted by Gasteiger charge is 2.27. The van der Waals surface area contributed by atoms with E-state index in [4.69, 9.17) is 4.74 Å². The largest absolute Gasteiger partial charge is 1.00 e. The van der Waals surface area contributed by atoms with Crippen LogP contribution in [0.3, 0.4) is 0 Å². The fourth-order valence-corrected chi connectivity index (χ4v) is 4.26. The van der Waals surface area contributed by atoms with Crippen LogP contribution in [-0.4, -0.2) is 29.3 Å². The van der Waals surface area contributed by atoms with Crippen molar-refractivity contribution in [1.82, 2.24) is 4.98 Å². The number of aliphatic hydroxyl groups excluding tert-OH is 1. The second kappa shape index (κ2) is 10.4. The van der Waals surface area contributed by atoms with E-state index in [0.29, 0.717) is 6.54 Å². The molecule has 3 rings (SSSR count). The van der Waals surface area contributed by atoms with E-state index in [1.165, 1.54) is 5.56 Å². The topological polar surface area (TPSA) is 59.0 Å². The Balaban J connectivity index is 0.00000341. The van der Waals surface area contributed by atoms with E-state index < -0.39 is 6.10 Å². The summed E-state index contributed by atoms with van der Waals surface area (Å²) in [5.41, 5.74) is 2.73. The molecule has 1 atom stereocenters. The highest BCUT2D eigenvalue weighted by molar-refractivity contribution is 5.89. The summed E-state index contributed by atoms with van der Waals surface area (Å²) in [7, 11) is 0. The Kier molecular flexibility index (Phi) is 8.47. The number of rotatable bonds is 8. The zero-order chi connectivity index (χ0) is 21.8. The van der Waals surface area contributed by atoms with Crippen molar-refractivity contribution in [3.63, 3.8) is 0 Å². The van der Waals surface area contributed by atoms with Gasteiger partial charge in [0.25, 0.3) is 0 Å². The Labute approximate surface area is 192 Å². The smallest absolute Gasteiger partial charge is 0.156 e. The van der Waals surface area contributed by atoms with Gasteiger partial charge in [0, 0.05) is 17.0 Å². The monoisotopic (exact) mass is 442 g/mol. The molecule has 4 nitrogen and oxygen atoms in total. The van der Waals surface area contributed by atoms with E-state index in [1.807, 2.05) is 48.0 Å². The Hall–Kier alpha value is -2.14. The summed E-state index contributed by atoms with van der Waals surface area (Å²) in [6.07, 6.45) is 4.24. The van der Waals surface area contributed by atoms with Crippen molar-refractivity contribution >= 4 is 16.5 Å². The fourth-order valence-electron chi connectivity index (χ4n) is 4.26. The predicted octanol–water partition coefficient (Wildman–Crippen LogP) is 1.59.